The first-order chi connectivity index (χ1) is 6.26. The van der Waals surface area contributed by atoms with Crippen LogP contribution in [0.3, 0.4) is 0 Å². The first kappa shape index (κ1) is 10.1. The lowest BCUT2D eigenvalue weighted by Gasteiger charge is -2.05. The fourth-order valence-corrected chi connectivity index (χ4v) is 1.03. The molecule has 0 aliphatic heterocycles. The molecule has 1 aromatic heterocycles. The lowest BCUT2D eigenvalue weighted by molar-refractivity contribution is 0.218. The van der Waals surface area contributed by atoms with Crippen molar-refractivity contribution in [2.24, 2.45) is 5.92 Å². The zero-order valence-corrected chi connectivity index (χ0v) is 7.72. The van der Waals surface area contributed by atoms with E-state index in [2.05, 4.69) is 10.3 Å². The maximum absolute atomic E-state index is 8.80. The van der Waals surface area contributed by atoms with Gasteiger partial charge in [0.25, 0.3) is 0 Å². The van der Waals surface area contributed by atoms with E-state index in [-0.39, 0.29) is 19.1 Å². The lowest BCUT2D eigenvalue weighted by Crippen LogP contribution is -2.11. The lowest BCUT2D eigenvalue weighted by atomic mass is 10.2. The summed E-state index contributed by atoms with van der Waals surface area (Å²) in [4.78, 5) is 0. The van der Waals surface area contributed by atoms with Crippen LogP contribution in [0.4, 0.5) is 0 Å². The van der Waals surface area contributed by atoms with Crippen molar-refractivity contribution in [1.82, 2.24) is 15.0 Å². The molecule has 1 atom stereocenters. The first-order valence-corrected chi connectivity index (χ1v) is 4.37. The summed E-state index contributed by atoms with van der Waals surface area (Å²) in [5.74, 6) is 0.184. The highest BCUT2D eigenvalue weighted by Gasteiger charge is 2.04. The Morgan fingerprint density at radius 2 is 2.31 bits per heavy atom. The van der Waals surface area contributed by atoms with Crippen LogP contribution in [0.25, 0.3) is 0 Å². The molecule has 5 heteroatoms. The van der Waals surface area contributed by atoms with Gasteiger partial charge in [0, 0.05) is 32.4 Å². The molecule has 0 saturated carbocycles. The van der Waals surface area contributed by atoms with E-state index in [1.807, 2.05) is 6.92 Å². The minimum absolute atomic E-state index is 0.0915. The average molecular weight is 185 g/mol. The van der Waals surface area contributed by atoms with Crippen LogP contribution in [-0.4, -0.2) is 38.4 Å². The van der Waals surface area contributed by atoms with Crippen molar-refractivity contribution in [2.75, 3.05) is 13.2 Å². The third-order valence-electron chi connectivity index (χ3n) is 1.76. The molecule has 2 N–H and O–H groups in total. The van der Waals surface area contributed by atoms with Gasteiger partial charge in [0.1, 0.15) is 0 Å². The number of rotatable bonds is 5. The van der Waals surface area contributed by atoms with E-state index in [4.69, 9.17) is 10.2 Å². The van der Waals surface area contributed by atoms with E-state index in [0.29, 0.717) is 13.0 Å². The molecule has 5 nitrogen and oxygen atoms in total. The highest BCUT2D eigenvalue weighted by molar-refractivity contribution is 4.92. The highest BCUT2D eigenvalue weighted by atomic mass is 16.3. The van der Waals surface area contributed by atoms with Gasteiger partial charge < -0.3 is 10.2 Å². The summed E-state index contributed by atoms with van der Waals surface area (Å²) in [6.45, 7) is 2.84. The number of aliphatic hydroxyl groups excluding tert-OH is 2. The Labute approximate surface area is 77.0 Å². The first-order valence-electron chi connectivity index (χ1n) is 4.37. The molecule has 1 heterocycles. The second-order valence-corrected chi connectivity index (χ2v) is 3.19. The minimum Gasteiger partial charge on any atom is -0.396 e. The van der Waals surface area contributed by atoms with Crippen LogP contribution >= 0.6 is 0 Å². The van der Waals surface area contributed by atoms with Crippen molar-refractivity contribution in [2.45, 2.75) is 19.9 Å². The van der Waals surface area contributed by atoms with Crippen LogP contribution in [0, 0.1) is 5.92 Å². The van der Waals surface area contributed by atoms with Crippen LogP contribution in [0.5, 0.6) is 0 Å². The highest BCUT2D eigenvalue weighted by Crippen LogP contribution is 1.99. The summed E-state index contributed by atoms with van der Waals surface area (Å²) in [6, 6.07) is 0. The Balaban J connectivity index is 2.48. The van der Waals surface area contributed by atoms with Crippen molar-refractivity contribution in [3.05, 3.63) is 11.9 Å². The third-order valence-corrected chi connectivity index (χ3v) is 1.76. The SMILES string of the molecule is CC(CO)Cn1cc(CCO)nn1. The summed E-state index contributed by atoms with van der Waals surface area (Å²) in [6.07, 6.45) is 2.33. The van der Waals surface area contributed by atoms with Crippen molar-refractivity contribution < 1.29 is 10.2 Å². The number of hydrogen-bond donors (Lipinski definition) is 2. The maximum atomic E-state index is 8.80. The Kier molecular flexibility index (Phi) is 3.85. The Morgan fingerprint density at radius 3 is 2.92 bits per heavy atom. The van der Waals surface area contributed by atoms with Crippen molar-refractivity contribution in [3.8, 4) is 0 Å². The normalized spacial score (nSPS) is 13.2. The van der Waals surface area contributed by atoms with Crippen molar-refractivity contribution in [3.63, 3.8) is 0 Å². The average Bonchev–Trinajstić information content (AvgIpc) is 2.53. The monoisotopic (exact) mass is 185 g/mol. The van der Waals surface area contributed by atoms with Gasteiger partial charge in [-0.05, 0) is 5.92 Å². The molecule has 1 unspecified atom stereocenters. The van der Waals surface area contributed by atoms with Gasteiger partial charge in [0.05, 0.1) is 5.69 Å². The smallest absolute Gasteiger partial charge is 0.0849 e. The third kappa shape index (κ3) is 3.12. The maximum Gasteiger partial charge on any atom is 0.0849 e. The molecule has 13 heavy (non-hydrogen) atoms. The summed E-state index contributed by atoms with van der Waals surface area (Å²) in [5, 5.41) is 25.2. The molecular formula is C8H15N3O2. The van der Waals surface area contributed by atoms with Gasteiger partial charge in [-0.15, -0.1) is 5.10 Å². The summed E-state index contributed by atoms with van der Waals surface area (Å²) in [5.41, 5.74) is 0.785. The Bertz CT molecular complexity index is 249. The van der Waals surface area contributed by atoms with E-state index in [9.17, 15) is 0 Å². The molecule has 1 rings (SSSR count). The molecule has 0 fully saturated rings. The zero-order chi connectivity index (χ0) is 9.68. The largest absolute Gasteiger partial charge is 0.396 e. The quantitative estimate of drug-likeness (QED) is 0.645. The van der Waals surface area contributed by atoms with Gasteiger partial charge in [-0.1, -0.05) is 12.1 Å². The van der Waals surface area contributed by atoms with Gasteiger partial charge in [0.15, 0.2) is 0 Å². The molecule has 0 aliphatic rings. The van der Waals surface area contributed by atoms with Gasteiger partial charge in [-0.3, -0.25) is 4.68 Å². The molecule has 0 amide bonds. The molecule has 1 aromatic rings. The molecule has 0 saturated heterocycles. The van der Waals surface area contributed by atoms with Crippen molar-refractivity contribution >= 4 is 0 Å². The predicted octanol–water partition coefficient (Wildman–Crippen LogP) is -0.559. The van der Waals surface area contributed by atoms with Crippen LogP contribution in [0.15, 0.2) is 6.20 Å². The standard InChI is InChI=1S/C8H15N3O2/c1-7(6-13)4-11-5-8(2-3-12)9-10-11/h5,7,12-13H,2-4,6H2,1H3. The zero-order valence-electron chi connectivity index (χ0n) is 7.72. The summed E-state index contributed by atoms with van der Waals surface area (Å²) in [7, 11) is 0. The molecule has 0 bridgehead atoms. The number of aliphatic hydroxyl groups is 2. The van der Waals surface area contributed by atoms with E-state index < -0.39 is 0 Å². The number of hydrogen-bond acceptors (Lipinski definition) is 4. The van der Waals surface area contributed by atoms with Crippen LogP contribution in [0.2, 0.25) is 0 Å². The minimum atomic E-state index is 0.0915. The van der Waals surface area contributed by atoms with E-state index >= 15 is 0 Å². The molecule has 0 radical (unpaired) electrons. The molecule has 0 aromatic carbocycles. The van der Waals surface area contributed by atoms with E-state index in [0.717, 1.165) is 5.69 Å². The Hall–Kier alpha value is -0.940. The van der Waals surface area contributed by atoms with Gasteiger partial charge in [-0.2, -0.15) is 0 Å². The van der Waals surface area contributed by atoms with Crippen molar-refractivity contribution in [1.29, 1.82) is 0 Å². The van der Waals surface area contributed by atoms with Gasteiger partial charge in [-0.25, -0.2) is 0 Å². The van der Waals surface area contributed by atoms with E-state index in [1.54, 1.807) is 10.9 Å². The molecule has 74 valence electrons. The fourth-order valence-electron chi connectivity index (χ4n) is 1.03. The van der Waals surface area contributed by atoms with Gasteiger partial charge >= 0.3 is 0 Å². The number of aromatic nitrogens is 3. The molecule has 0 spiro atoms. The van der Waals surface area contributed by atoms with Crippen LogP contribution in [-0.2, 0) is 13.0 Å². The predicted molar refractivity (Wildman–Crippen MR) is 47.1 cm³/mol. The summed E-state index contributed by atoms with van der Waals surface area (Å²) < 4.78 is 1.69. The van der Waals surface area contributed by atoms with Gasteiger partial charge in [0.2, 0.25) is 0 Å². The summed E-state index contributed by atoms with van der Waals surface area (Å²) >= 11 is 0. The fraction of sp³-hybridized carbons (Fsp3) is 0.750. The second kappa shape index (κ2) is 4.94. The molecule has 0 aliphatic carbocycles. The van der Waals surface area contributed by atoms with Crippen LogP contribution < -0.4 is 0 Å². The molecular weight excluding hydrogens is 170 g/mol. The Morgan fingerprint density at radius 1 is 1.54 bits per heavy atom. The number of nitrogens with zero attached hydrogens (tertiary/aromatic N) is 3. The van der Waals surface area contributed by atoms with E-state index in [1.165, 1.54) is 0 Å². The topological polar surface area (TPSA) is 71.2 Å². The second-order valence-electron chi connectivity index (χ2n) is 3.19. The van der Waals surface area contributed by atoms with Crippen LogP contribution in [0.1, 0.15) is 12.6 Å².